The minimum Gasteiger partial charge on any atom is -0.350 e. The van der Waals surface area contributed by atoms with Crippen LogP contribution < -0.4 is 5.32 Å². The molecule has 2 heterocycles. The number of fused-ring (bicyclic) bond motifs is 1. The number of halogens is 1. The van der Waals surface area contributed by atoms with Gasteiger partial charge in [-0.2, -0.15) is 10.1 Å². The van der Waals surface area contributed by atoms with Crippen molar-refractivity contribution in [3.8, 4) is 0 Å². The quantitative estimate of drug-likeness (QED) is 0.761. The van der Waals surface area contributed by atoms with E-state index in [1.165, 1.54) is 6.33 Å². The zero-order chi connectivity index (χ0) is 18.0. The van der Waals surface area contributed by atoms with E-state index in [-0.39, 0.29) is 11.9 Å². The Morgan fingerprint density at radius 2 is 2.00 bits per heavy atom. The number of aromatic nitrogens is 4. The second kappa shape index (κ2) is 7.19. The number of hydrogen-bond donors (Lipinski definition) is 1. The lowest BCUT2D eigenvalue weighted by atomic mass is 10.1. The summed E-state index contributed by atoms with van der Waals surface area (Å²) < 4.78 is 1.70. The van der Waals surface area contributed by atoms with E-state index in [2.05, 4.69) is 20.4 Å². The minimum atomic E-state index is -0.0668. The molecule has 0 aliphatic carbocycles. The lowest BCUT2D eigenvalue weighted by Crippen LogP contribution is -2.27. The summed E-state index contributed by atoms with van der Waals surface area (Å²) in [6.07, 6.45) is 2.49. The van der Waals surface area contributed by atoms with Crippen LogP contribution >= 0.6 is 11.6 Å². The first kappa shape index (κ1) is 17.4. The van der Waals surface area contributed by atoms with Crippen LogP contribution in [0.4, 0.5) is 0 Å². The average Bonchev–Trinajstić information content (AvgIpc) is 3.03. The predicted molar refractivity (Wildman–Crippen MR) is 96.6 cm³/mol. The number of carbonyl (C=O) groups excluding carboxylic acids is 1. The molecule has 0 spiro atoms. The van der Waals surface area contributed by atoms with Gasteiger partial charge in [-0.3, -0.25) is 4.79 Å². The number of hydrogen-bond acceptors (Lipinski definition) is 4. The van der Waals surface area contributed by atoms with Gasteiger partial charge in [-0.05, 0) is 50.5 Å². The van der Waals surface area contributed by atoms with Crippen LogP contribution in [0.25, 0.3) is 5.78 Å². The predicted octanol–water partition coefficient (Wildman–Crippen LogP) is 3.20. The van der Waals surface area contributed by atoms with Gasteiger partial charge in [0.15, 0.2) is 0 Å². The second-order valence-corrected chi connectivity index (χ2v) is 6.51. The van der Waals surface area contributed by atoms with Crippen molar-refractivity contribution in [3.63, 3.8) is 0 Å². The van der Waals surface area contributed by atoms with Gasteiger partial charge in [0, 0.05) is 22.8 Å². The van der Waals surface area contributed by atoms with Gasteiger partial charge in [0.2, 0.25) is 5.91 Å². The van der Waals surface area contributed by atoms with Gasteiger partial charge < -0.3 is 5.32 Å². The van der Waals surface area contributed by atoms with Gasteiger partial charge >= 0.3 is 0 Å². The number of nitrogens with zero attached hydrogens (tertiary/aromatic N) is 4. The molecule has 0 aliphatic rings. The molecule has 0 fully saturated rings. The highest BCUT2D eigenvalue weighted by Gasteiger charge is 2.14. The molecule has 0 saturated carbocycles. The van der Waals surface area contributed by atoms with Crippen LogP contribution in [0.5, 0.6) is 0 Å². The number of carbonyl (C=O) groups is 1. The van der Waals surface area contributed by atoms with E-state index < -0.39 is 0 Å². The molecule has 3 rings (SSSR count). The molecular formula is C18H20ClN5O. The van der Waals surface area contributed by atoms with Crippen molar-refractivity contribution in [2.75, 3.05) is 0 Å². The van der Waals surface area contributed by atoms with Gasteiger partial charge in [-0.25, -0.2) is 9.50 Å². The topological polar surface area (TPSA) is 72.2 Å². The molecule has 0 bridgehead atoms. The SMILES string of the molecule is Cc1nc2ncnn2c(C)c1CCC(=O)N[C@@H](C)c1ccc(Cl)cc1. The van der Waals surface area contributed by atoms with Crippen LogP contribution in [-0.2, 0) is 11.2 Å². The first-order chi connectivity index (χ1) is 12.0. The third-order valence-corrected chi connectivity index (χ3v) is 4.59. The number of rotatable bonds is 5. The number of nitrogens with one attached hydrogen (secondary N) is 1. The smallest absolute Gasteiger partial charge is 0.252 e. The highest BCUT2D eigenvalue weighted by atomic mass is 35.5. The molecule has 0 aliphatic heterocycles. The lowest BCUT2D eigenvalue weighted by molar-refractivity contribution is -0.121. The maximum atomic E-state index is 12.3. The van der Waals surface area contributed by atoms with E-state index in [1.807, 2.05) is 45.0 Å². The zero-order valence-electron chi connectivity index (χ0n) is 14.5. The fraction of sp³-hybridized carbons (Fsp3) is 0.333. The molecule has 1 N–H and O–H groups in total. The first-order valence-electron chi connectivity index (χ1n) is 8.16. The molecule has 6 nitrogen and oxygen atoms in total. The van der Waals surface area contributed by atoms with Gasteiger partial charge in [0.05, 0.1) is 6.04 Å². The molecule has 3 aromatic rings. The van der Waals surface area contributed by atoms with Crippen molar-refractivity contribution in [2.45, 2.75) is 39.7 Å². The van der Waals surface area contributed by atoms with Crippen LogP contribution in [0.15, 0.2) is 30.6 Å². The van der Waals surface area contributed by atoms with Crippen molar-refractivity contribution >= 4 is 23.3 Å². The minimum absolute atomic E-state index is 0.0000581. The normalized spacial score (nSPS) is 12.3. The molecule has 25 heavy (non-hydrogen) atoms. The maximum absolute atomic E-state index is 12.3. The van der Waals surface area contributed by atoms with Crippen molar-refractivity contribution in [1.82, 2.24) is 24.9 Å². The number of amides is 1. The Morgan fingerprint density at radius 3 is 2.72 bits per heavy atom. The van der Waals surface area contributed by atoms with Crippen LogP contribution in [0, 0.1) is 13.8 Å². The second-order valence-electron chi connectivity index (χ2n) is 6.07. The Balaban J connectivity index is 1.65. The van der Waals surface area contributed by atoms with E-state index in [9.17, 15) is 4.79 Å². The third-order valence-electron chi connectivity index (χ3n) is 4.34. The summed E-state index contributed by atoms with van der Waals surface area (Å²) in [5.74, 6) is 0.583. The number of benzene rings is 1. The van der Waals surface area contributed by atoms with Crippen molar-refractivity contribution in [1.29, 1.82) is 0 Å². The largest absolute Gasteiger partial charge is 0.350 e. The molecule has 7 heteroatoms. The Morgan fingerprint density at radius 1 is 1.28 bits per heavy atom. The van der Waals surface area contributed by atoms with Gasteiger partial charge in [-0.15, -0.1) is 0 Å². The summed E-state index contributed by atoms with van der Waals surface area (Å²) in [5.41, 5.74) is 3.92. The Bertz CT molecular complexity index is 904. The summed E-state index contributed by atoms with van der Waals surface area (Å²) in [5, 5.41) is 7.88. The van der Waals surface area contributed by atoms with E-state index in [0.29, 0.717) is 23.6 Å². The molecule has 1 amide bonds. The molecule has 0 radical (unpaired) electrons. The molecular weight excluding hydrogens is 338 g/mol. The highest BCUT2D eigenvalue weighted by molar-refractivity contribution is 6.30. The van der Waals surface area contributed by atoms with Crippen LogP contribution in [0.3, 0.4) is 0 Å². The number of aryl methyl sites for hydroxylation is 2. The van der Waals surface area contributed by atoms with Gasteiger partial charge in [0.1, 0.15) is 6.33 Å². The Kier molecular flexibility index (Phi) is 4.99. The summed E-state index contributed by atoms with van der Waals surface area (Å²) in [4.78, 5) is 20.9. The third kappa shape index (κ3) is 3.79. The molecule has 0 saturated heterocycles. The first-order valence-corrected chi connectivity index (χ1v) is 8.54. The van der Waals surface area contributed by atoms with E-state index in [1.54, 1.807) is 4.52 Å². The fourth-order valence-electron chi connectivity index (χ4n) is 2.90. The summed E-state index contributed by atoms with van der Waals surface area (Å²) >= 11 is 5.90. The fourth-order valence-corrected chi connectivity index (χ4v) is 3.03. The molecule has 2 aromatic heterocycles. The van der Waals surface area contributed by atoms with Crippen LogP contribution in [0.1, 0.15) is 41.9 Å². The van der Waals surface area contributed by atoms with Crippen LogP contribution in [-0.4, -0.2) is 25.5 Å². The van der Waals surface area contributed by atoms with E-state index in [0.717, 1.165) is 22.5 Å². The van der Waals surface area contributed by atoms with E-state index in [4.69, 9.17) is 11.6 Å². The van der Waals surface area contributed by atoms with Crippen molar-refractivity contribution < 1.29 is 4.79 Å². The molecule has 1 aromatic carbocycles. The van der Waals surface area contributed by atoms with Crippen molar-refractivity contribution in [2.24, 2.45) is 0 Å². The average molecular weight is 358 g/mol. The molecule has 130 valence electrons. The van der Waals surface area contributed by atoms with E-state index >= 15 is 0 Å². The summed E-state index contributed by atoms with van der Waals surface area (Å²) in [6, 6.07) is 7.42. The molecule has 0 unspecified atom stereocenters. The van der Waals surface area contributed by atoms with Crippen molar-refractivity contribution in [3.05, 3.63) is 58.1 Å². The highest BCUT2D eigenvalue weighted by Crippen LogP contribution is 2.17. The maximum Gasteiger partial charge on any atom is 0.252 e. The van der Waals surface area contributed by atoms with Crippen LogP contribution in [0.2, 0.25) is 5.02 Å². The summed E-state index contributed by atoms with van der Waals surface area (Å²) in [6.45, 7) is 5.87. The Labute approximate surface area is 151 Å². The summed E-state index contributed by atoms with van der Waals surface area (Å²) in [7, 11) is 0. The Hall–Kier alpha value is -2.47. The standard InChI is InChI=1S/C18H20ClN5O/c1-11(14-4-6-15(19)7-5-14)22-17(25)9-8-16-12(2)23-18-20-10-21-24(18)13(16)3/h4-7,10-11H,8-9H2,1-3H3,(H,22,25)/t11-/m0/s1. The van der Waals surface area contributed by atoms with Gasteiger partial charge in [-0.1, -0.05) is 23.7 Å². The zero-order valence-corrected chi connectivity index (χ0v) is 15.2. The molecule has 1 atom stereocenters. The van der Waals surface area contributed by atoms with Gasteiger partial charge in [0.25, 0.3) is 5.78 Å². The monoisotopic (exact) mass is 357 g/mol. The lowest BCUT2D eigenvalue weighted by Gasteiger charge is -2.15.